The van der Waals surface area contributed by atoms with Gasteiger partial charge in [0.25, 0.3) is 6.43 Å². The van der Waals surface area contributed by atoms with Crippen LogP contribution in [0.15, 0.2) is 0 Å². The first-order chi connectivity index (χ1) is 6.20. The molecule has 0 aromatic carbocycles. The zero-order chi connectivity index (χ0) is 10.1. The number of nitrogens with two attached hydrogens (primary N) is 1. The fraction of sp³-hybridized carbons (Fsp3) is 1.00. The molecule has 13 heavy (non-hydrogen) atoms. The monoisotopic (exact) mass is 198 g/mol. The molecule has 1 unspecified atom stereocenters. The zero-order valence-electron chi connectivity index (χ0n) is 7.63. The summed E-state index contributed by atoms with van der Waals surface area (Å²) in [5.41, 5.74) is 2.50. The van der Waals surface area contributed by atoms with Crippen molar-refractivity contribution in [2.24, 2.45) is 5.84 Å². The molecule has 80 valence electrons. The molecule has 0 amide bonds. The van der Waals surface area contributed by atoms with E-state index in [0.29, 0.717) is 13.0 Å². The second kappa shape index (κ2) is 8.31. The average molecular weight is 198 g/mol. The van der Waals surface area contributed by atoms with Gasteiger partial charge < -0.3 is 9.47 Å². The molecule has 0 spiro atoms. The number of hydrazine groups is 1. The van der Waals surface area contributed by atoms with Crippen molar-refractivity contribution in [2.45, 2.75) is 18.9 Å². The molecule has 0 rings (SSSR count). The molecule has 0 radical (unpaired) electrons. The maximum atomic E-state index is 11.6. The molecule has 0 aliphatic rings. The summed E-state index contributed by atoms with van der Waals surface area (Å²) in [4.78, 5) is 0. The lowest BCUT2D eigenvalue weighted by molar-refractivity contribution is 0.0118. The Hall–Kier alpha value is -0.300. The van der Waals surface area contributed by atoms with Gasteiger partial charge in [-0.3, -0.25) is 11.3 Å². The van der Waals surface area contributed by atoms with Gasteiger partial charge in [0.1, 0.15) is 6.61 Å². The van der Waals surface area contributed by atoms with Crippen molar-refractivity contribution in [3.8, 4) is 0 Å². The van der Waals surface area contributed by atoms with E-state index >= 15 is 0 Å². The second-order valence-corrected chi connectivity index (χ2v) is 2.57. The van der Waals surface area contributed by atoms with Crippen LogP contribution >= 0.6 is 0 Å². The molecule has 0 aliphatic carbocycles. The SMILES string of the molecule is COCC(CCOCC(F)F)NN. The van der Waals surface area contributed by atoms with Crippen LogP contribution in [0.2, 0.25) is 0 Å². The fourth-order valence-corrected chi connectivity index (χ4v) is 0.814. The van der Waals surface area contributed by atoms with Crippen LogP contribution in [0.5, 0.6) is 0 Å². The molecule has 0 fully saturated rings. The van der Waals surface area contributed by atoms with E-state index in [1.54, 1.807) is 7.11 Å². The quantitative estimate of drug-likeness (QED) is 0.331. The number of halogens is 2. The van der Waals surface area contributed by atoms with Crippen LogP contribution in [0.4, 0.5) is 8.78 Å². The highest BCUT2D eigenvalue weighted by atomic mass is 19.3. The minimum Gasteiger partial charge on any atom is -0.383 e. The van der Waals surface area contributed by atoms with Gasteiger partial charge in [-0.2, -0.15) is 0 Å². The smallest absolute Gasteiger partial charge is 0.261 e. The maximum Gasteiger partial charge on any atom is 0.261 e. The van der Waals surface area contributed by atoms with Gasteiger partial charge >= 0.3 is 0 Å². The Balaban J connectivity index is 3.27. The maximum absolute atomic E-state index is 11.6. The van der Waals surface area contributed by atoms with Gasteiger partial charge in [-0.15, -0.1) is 0 Å². The van der Waals surface area contributed by atoms with Crippen LogP contribution in [0, 0.1) is 0 Å². The Morgan fingerprint density at radius 1 is 1.38 bits per heavy atom. The van der Waals surface area contributed by atoms with E-state index in [1.807, 2.05) is 0 Å². The average Bonchev–Trinajstić information content (AvgIpc) is 2.10. The van der Waals surface area contributed by atoms with Crippen molar-refractivity contribution in [1.29, 1.82) is 0 Å². The number of hydrogen-bond donors (Lipinski definition) is 2. The summed E-state index contributed by atoms with van der Waals surface area (Å²) in [6.45, 7) is 0.168. The van der Waals surface area contributed by atoms with Crippen LogP contribution < -0.4 is 11.3 Å². The van der Waals surface area contributed by atoms with E-state index in [9.17, 15) is 8.78 Å². The first kappa shape index (κ1) is 12.7. The van der Waals surface area contributed by atoms with Crippen LogP contribution in [0.3, 0.4) is 0 Å². The van der Waals surface area contributed by atoms with E-state index in [2.05, 4.69) is 10.2 Å². The van der Waals surface area contributed by atoms with Crippen molar-refractivity contribution in [3.05, 3.63) is 0 Å². The summed E-state index contributed by atoms with van der Waals surface area (Å²) < 4.78 is 32.7. The third kappa shape index (κ3) is 8.04. The Morgan fingerprint density at radius 3 is 2.54 bits per heavy atom. The van der Waals surface area contributed by atoms with E-state index in [-0.39, 0.29) is 12.6 Å². The first-order valence-electron chi connectivity index (χ1n) is 4.01. The molecule has 0 aromatic heterocycles. The summed E-state index contributed by atoms with van der Waals surface area (Å²) in [5.74, 6) is 5.17. The van der Waals surface area contributed by atoms with Gasteiger partial charge in [0.15, 0.2) is 0 Å². The number of alkyl halides is 2. The Morgan fingerprint density at radius 2 is 2.08 bits per heavy atom. The topological polar surface area (TPSA) is 56.5 Å². The Kier molecular flexibility index (Phi) is 8.11. The number of methoxy groups -OCH3 is 1. The van der Waals surface area contributed by atoms with Crippen molar-refractivity contribution in [1.82, 2.24) is 5.43 Å². The first-order valence-corrected chi connectivity index (χ1v) is 4.01. The lowest BCUT2D eigenvalue weighted by atomic mass is 10.2. The number of ether oxygens (including phenoxy) is 2. The molecule has 0 saturated carbocycles. The molecule has 6 heteroatoms. The minimum atomic E-state index is -2.41. The Bertz CT molecular complexity index is 117. The molecule has 0 bridgehead atoms. The van der Waals surface area contributed by atoms with Gasteiger partial charge in [-0.1, -0.05) is 0 Å². The molecule has 0 saturated heterocycles. The van der Waals surface area contributed by atoms with Crippen LogP contribution in [-0.4, -0.2) is 39.4 Å². The van der Waals surface area contributed by atoms with Gasteiger partial charge in [-0.25, -0.2) is 8.78 Å². The molecule has 0 aliphatic heterocycles. The normalized spacial score (nSPS) is 13.6. The van der Waals surface area contributed by atoms with E-state index in [4.69, 9.17) is 10.6 Å². The van der Waals surface area contributed by atoms with Crippen molar-refractivity contribution < 1.29 is 18.3 Å². The Labute approximate surface area is 76.3 Å². The summed E-state index contributed by atoms with van der Waals surface area (Å²) in [5, 5.41) is 0. The molecule has 0 heterocycles. The molecule has 1 atom stereocenters. The van der Waals surface area contributed by atoms with Crippen molar-refractivity contribution >= 4 is 0 Å². The number of hydrogen-bond acceptors (Lipinski definition) is 4. The molecule has 0 aromatic rings. The number of rotatable bonds is 8. The molecular formula is C7H16F2N2O2. The third-order valence-electron chi connectivity index (χ3n) is 1.46. The van der Waals surface area contributed by atoms with E-state index in [0.717, 1.165) is 0 Å². The third-order valence-corrected chi connectivity index (χ3v) is 1.46. The highest BCUT2D eigenvalue weighted by molar-refractivity contribution is 4.61. The lowest BCUT2D eigenvalue weighted by Crippen LogP contribution is -2.39. The van der Waals surface area contributed by atoms with Crippen molar-refractivity contribution in [2.75, 3.05) is 26.9 Å². The number of nitrogens with one attached hydrogen (secondary N) is 1. The predicted octanol–water partition coefficient (Wildman–Crippen LogP) is 0.137. The van der Waals surface area contributed by atoms with Gasteiger partial charge in [0, 0.05) is 19.8 Å². The molecule has 4 nitrogen and oxygen atoms in total. The van der Waals surface area contributed by atoms with Crippen LogP contribution in [0.1, 0.15) is 6.42 Å². The van der Waals surface area contributed by atoms with Crippen molar-refractivity contribution in [3.63, 3.8) is 0 Å². The van der Waals surface area contributed by atoms with Gasteiger partial charge in [0.2, 0.25) is 0 Å². The van der Waals surface area contributed by atoms with E-state index in [1.165, 1.54) is 0 Å². The van der Waals surface area contributed by atoms with Gasteiger partial charge in [-0.05, 0) is 6.42 Å². The van der Waals surface area contributed by atoms with Gasteiger partial charge in [0.05, 0.1) is 6.61 Å². The highest BCUT2D eigenvalue weighted by Crippen LogP contribution is 1.96. The second-order valence-electron chi connectivity index (χ2n) is 2.57. The largest absolute Gasteiger partial charge is 0.383 e. The summed E-state index contributed by atoms with van der Waals surface area (Å²) in [6.07, 6.45) is -1.86. The summed E-state index contributed by atoms with van der Waals surface area (Å²) in [6, 6.07) is -0.0531. The fourth-order valence-electron chi connectivity index (χ4n) is 0.814. The van der Waals surface area contributed by atoms with Crippen LogP contribution in [-0.2, 0) is 9.47 Å². The highest BCUT2D eigenvalue weighted by Gasteiger charge is 2.06. The summed E-state index contributed by atoms with van der Waals surface area (Å²) in [7, 11) is 1.55. The predicted molar refractivity (Wildman–Crippen MR) is 44.4 cm³/mol. The zero-order valence-corrected chi connectivity index (χ0v) is 7.63. The molecular weight excluding hydrogens is 182 g/mol. The van der Waals surface area contributed by atoms with E-state index < -0.39 is 13.0 Å². The molecule has 3 N–H and O–H groups in total. The van der Waals surface area contributed by atoms with Crippen LogP contribution in [0.25, 0.3) is 0 Å². The summed E-state index contributed by atoms with van der Waals surface area (Å²) >= 11 is 0. The lowest BCUT2D eigenvalue weighted by Gasteiger charge is -2.14. The standard InChI is InChI=1S/C7H16F2N2O2/c1-12-4-6(11-10)2-3-13-5-7(8)9/h6-7,11H,2-5,10H2,1H3. The minimum absolute atomic E-state index is 0.0531.